The van der Waals surface area contributed by atoms with E-state index < -0.39 is 16.4 Å². The van der Waals surface area contributed by atoms with Gasteiger partial charge in [-0.3, -0.25) is 0 Å². The quantitative estimate of drug-likeness (QED) is 0.643. The standard InChI is InChI=1S/C11H28OSi2/c1-9-10(2)14(7,8)12-11(3)13(4,5)6/h10-11H,9H2,1-8H3/t10-,11?/m1/s1. The molecule has 0 spiro atoms. The summed E-state index contributed by atoms with van der Waals surface area (Å²) in [6.45, 7) is 18.8. The molecule has 0 aromatic heterocycles. The Bertz CT molecular complexity index is 173. The molecule has 0 aliphatic rings. The van der Waals surface area contributed by atoms with Gasteiger partial charge < -0.3 is 4.43 Å². The van der Waals surface area contributed by atoms with Crippen LogP contribution < -0.4 is 0 Å². The van der Waals surface area contributed by atoms with Crippen molar-refractivity contribution in [2.24, 2.45) is 0 Å². The van der Waals surface area contributed by atoms with Crippen molar-refractivity contribution in [2.45, 2.75) is 71.2 Å². The van der Waals surface area contributed by atoms with Gasteiger partial charge >= 0.3 is 0 Å². The van der Waals surface area contributed by atoms with Gasteiger partial charge in [-0.1, -0.05) is 39.9 Å². The SMILES string of the molecule is CC[C@@H](C)[Si](C)(C)OC(C)[Si](C)(C)C. The zero-order valence-electron chi connectivity index (χ0n) is 11.3. The summed E-state index contributed by atoms with van der Waals surface area (Å²) in [7, 11) is -2.56. The average Bonchev–Trinajstić information content (AvgIpc) is 2.00. The van der Waals surface area contributed by atoms with E-state index in [0.717, 1.165) is 5.54 Å². The van der Waals surface area contributed by atoms with E-state index in [9.17, 15) is 0 Å². The number of hydrogen-bond acceptors (Lipinski definition) is 1. The molecule has 86 valence electrons. The van der Waals surface area contributed by atoms with Gasteiger partial charge in [-0.15, -0.1) is 0 Å². The van der Waals surface area contributed by atoms with Gasteiger partial charge in [-0.05, 0) is 25.6 Å². The molecule has 0 fully saturated rings. The van der Waals surface area contributed by atoms with Gasteiger partial charge in [0.05, 0.1) is 8.07 Å². The van der Waals surface area contributed by atoms with E-state index in [-0.39, 0.29) is 0 Å². The normalized spacial score (nSPS) is 18.0. The van der Waals surface area contributed by atoms with Gasteiger partial charge in [-0.25, -0.2) is 0 Å². The highest BCUT2D eigenvalue weighted by molar-refractivity contribution is 6.79. The third kappa shape index (κ3) is 4.28. The predicted molar refractivity (Wildman–Crippen MR) is 71.1 cm³/mol. The van der Waals surface area contributed by atoms with Crippen LogP contribution in [0.1, 0.15) is 27.2 Å². The summed E-state index contributed by atoms with van der Waals surface area (Å²) in [5.74, 6) is 0. The van der Waals surface area contributed by atoms with Crippen LogP contribution in [0.3, 0.4) is 0 Å². The molecule has 1 unspecified atom stereocenters. The topological polar surface area (TPSA) is 9.23 Å². The molecule has 2 atom stereocenters. The second-order valence-electron chi connectivity index (χ2n) is 6.04. The van der Waals surface area contributed by atoms with Gasteiger partial charge in [0.25, 0.3) is 0 Å². The minimum absolute atomic E-state index is 0.498. The minimum atomic E-state index is -1.44. The van der Waals surface area contributed by atoms with Crippen LogP contribution in [0.15, 0.2) is 0 Å². The van der Waals surface area contributed by atoms with Gasteiger partial charge in [0, 0.05) is 5.73 Å². The van der Waals surface area contributed by atoms with E-state index in [1.54, 1.807) is 0 Å². The van der Waals surface area contributed by atoms with E-state index in [4.69, 9.17) is 4.43 Å². The van der Waals surface area contributed by atoms with Gasteiger partial charge in [0.15, 0.2) is 8.32 Å². The maximum atomic E-state index is 6.36. The molecule has 0 bridgehead atoms. The van der Waals surface area contributed by atoms with Crippen molar-refractivity contribution in [3.05, 3.63) is 0 Å². The zero-order valence-corrected chi connectivity index (χ0v) is 13.3. The van der Waals surface area contributed by atoms with Crippen molar-refractivity contribution in [3.8, 4) is 0 Å². The molecule has 0 aliphatic carbocycles. The summed E-state index contributed by atoms with van der Waals surface area (Å²) in [5, 5.41) is 0. The maximum absolute atomic E-state index is 6.36. The highest BCUT2D eigenvalue weighted by atomic mass is 28.4. The molecular weight excluding hydrogens is 204 g/mol. The van der Waals surface area contributed by atoms with Crippen LogP contribution >= 0.6 is 0 Å². The van der Waals surface area contributed by atoms with Crippen LogP contribution in [0.5, 0.6) is 0 Å². The molecular formula is C11H28OSi2. The first-order valence-electron chi connectivity index (χ1n) is 5.79. The Morgan fingerprint density at radius 1 is 1.00 bits per heavy atom. The summed E-state index contributed by atoms with van der Waals surface area (Å²) in [6, 6.07) is 0. The monoisotopic (exact) mass is 232 g/mol. The molecule has 0 aromatic carbocycles. The highest BCUT2D eigenvalue weighted by Gasteiger charge is 2.34. The Hall–Kier alpha value is 0.394. The largest absolute Gasteiger partial charge is 0.418 e. The Morgan fingerprint density at radius 2 is 1.43 bits per heavy atom. The van der Waals surface area contributed by atoms with Crippen LogP contribution in [0.2, 0.25) is 38.3 Å². The lowest BCUT2D eigenvalue weighted by atomic mass is 10.4. The lowest BCUT2D eigenvalue weighted by molar-refractivity contribution is 0.270. The average molecular weight is 233 g/mol. The van der Waals surface area contributed by atoms with Crippen LogP contribution in [0, 0.1) is 0 Å². The first-order valence-corrected chi connectivity index (χ1v) is 12.4. The van der Waals surface area contributed by atoms with E-state index >= 15 is 0 Å². The van der Waals surface area contributed by atoms with Crippen molar-refractivity contribution in [2.75, 3.05) is 0 Å². The summed E-state index contributed by atoms with van der Waals surface area (Å²) in [6.07, 6.45) is 1.25. The molecule has 0 aliphatic heterocycles. The first kappa shape index (κ1) is 14.4. The van der Waals surface area contributed by atoms with Crippen LogP contribution in [0.25, 0.3) is 0 Å². The molecule has 0 heterocycles. The second-order valence-corrected chi connectivity index (χ2v) is 16.0. The van der Waals surface area contributed by atoms with E-state index in [1.807, 2.05) is 0 Å². The number of hydrogen-bond donors (Lipinski definition) is 0. The van der Waals surface area contributed by atoms with Crippen molar-refractivity contribution in [1.82, 2.24) is 0 Å². The third-order valence-electron chi connectivity index (χ3n) is 3.50. The molecule has 1 nitrogen and oxygen atoms in total. The fraction of sp³-hybridized carbons (Fsp3) is 1.00. The minimum Gasteiger partial charge on any atom is -0.418 e. The van der Waals surface area contributed by atoms with Crippen LogP contribution in [-0.4, -0.2) is 22.1 Å². The van der Waals surface area contributed by atoms with Gasteiger partial charge in [0.1, 0.15) is 0 Å². The Balaban J connectivity index is 4.36. The highest BCUT2D eigenvalue weighted by Crippen LogP contribution is 2.28. The Morgan fingerprint density at radius 3 is 1.71 bits per heavy atom. The Kier molecular flexibility index (Phi) is 5.09. The maximum Gasteiger partial charge on any atom is 0.189 e. The van der Waals surface area contributed by atoms with Crippen molar-refractivity contribution in [1.29, 1.82) is 0 Å². The lowest BCUT2D eigenvalue weighted by Gasteiger charge is -2.37. The smallest absolute Gasteiger partial charge is 0.189 e. The molecule has 0 N–H and O–H groups in total. The molecule has 0 amide bonds. The summed E-state index contributed by atoms with van der Waals surface area (Å²) >= 11 is 0. The molecule has 14 heavy (non-hydrogen) atoms. The van der Waals surface area contributed by atoms with E-state index in [2.05, 4.69) is 53.5 Å². The van der Waals surface area contributed by atoms with Crippen LogP contribution in [0.4, 0.5) is 0 Å². The third-order valence-corrected chi connectivity index (χ3v) is 10.0. The van der Waals surface area contributed by atoms with Crippen molar-refractivity contribution >= 4 is 16.4 Å². The molecule has 0 rings (SSSR count). The summed E-state index contributed by atoms with van der Waals surface area (Å²) < 4.78 is 6.36. The van der Waals surface area contributed by atoms with Crippen molar-refractivity contribution in [3.63, 3.8) is 0 Å². The van der Waals surface area contributed by atoms with Crippen molar-refractivity contribution < 1.29 is 4.43 Å². The fourth-order valence-corrected chi connectivity index (χ4v) is 5.69. The molecule has 0 saturated heterocycles. The zero-order chi connectivity index (χ0) is 11.6. The second kappa shape index (κ2) is 4.95. The first-order chi connectivity index (χ1) is 6.11. The Labute approximate surface area is 92.4 Å². The molecule has 3 heteroatoms. The van der Waals surface area contributed by atoms with Crippen LogP contribution in [-0.2, 0) is 4.43 Å². The summed E-state index contributed by atoms with van der Waals surface area (Å²) in [5.41, 5.74) is 1.26. The molecule has 0 aromatic rings. The van der Waals surface area contributed by atoms with Gasteiger partial charge in [0.2, 0.25) is 0 Å². The van der Waals surface area contributed by atoms with E-state index in [0.29, 0.717) is 5.73 Å². The fourth-order valence-electron chi connectivity index (χ4n) is 1.24. The number of rotatable bonds is 5. The molecule has 0 saturated carbocycles. The predicted octanol–water partition coefficient (Wildman–Crippen LogP) is 4.27. The van der Waals surface area contributed by atoms with E-state index in [1.165, 1.54) is 6.42 Å². The molecule has 0 radical (unpaired) electrons. The summed E-state index contributed by atoms with van der Waals surface area (Å²) in [4.78, 5) is 0. The van der Waals surface area contributed by atoms with Gasteiger partial charge in [-0.2, -0.15) is 0 Å². The lowest BCUT2D eigenvalue weighted by Crippen LogP contribution is -2.47.